The molecule has 0 saturated heterocycles. The van der Waals surface area contributed by atoms with E-state index in [-0.39, 0.29) is 0 Å². The lowest BCUT2D eigenvalue weighted by Gasteiger charge is -2.04. The third-order valence-electron chi connectivity index (χ3n) is 1.54. The van der Waals surface area contributed by atoms with Gasteiger partial charge in [-0.25, -0.2) is 0 Å². The average molecular weight is 184 g/mol. The summed E-state index contributed by atoms with van der Waals surface area (Å²) in [6.07, 6.45) is 2.04. The molecule has 1 aromatic rings. The normalized spacial score (nSPS) is 9.83. The van der Waals surface area contributed by atoms with Crippen molar-refractivity contribution in [3.05, 3.63) is 36.2 Å². The Labute approximate surface area is 78.3 Å². The van der Waals surface area contributed by atoms with E-state index < -0.39 is 0 Å². The minimum Gasteiger partial charge on any atom is -0.492 e. The summed E-state index contributed by atoms with van der Waals surface area (Å²) in [7, 11) is 0. The highest BCUT2D eigenvalue weighted by Crippen LogP contribution is 2.14. The molecule has 0 aliphatic rings. The Morgan fingerprint density at radius 1 is 1.50 bits per heavy atom. The molecular weight excluding hydrogens is 172 g/mol. The summed E-state index contributed by atoms with van der Waals surface area (Å²) in [5.41, 5.74) is 1.17. The first-order valence-corrected chi connectivity index (χ1v) is 4.48. The molecule has 0 N–H and O–H groups in total. The maximum Gasteiger partial charge on any atom is 0.119 e. The lowest BCUT2D eigenvalue weighted by Crippen LogP contribution is -1.97. The number of halogens is 1. The first-order chi connectivity index (χ1) is 5.86. The largest absolute Gasteiger partial charge is 0.492 e. The molecule has 0 fully saturated rings. The lowest BCUT2D eigenvalue weighted by atomic mass is 10.2. The first kappa shape index (κ1) is 9.40. The fourth-order valence-electron chi connectivity index (χ4n) is 0.940. The van der Waals surface area contributed by atoms with Crippen LogP contribution in [0.5, 0.6) is 5.75 Å². The van der Waals surface area contributed by atoms with Crippen molar-refractivity contribution in [3.8, 4) is 5.75 Å². The van der Waals surface area contributed by atoms with Gasteiger partial charge in [-0.05, 0) is 24.1 Å². The van der Waals surface area contributed by atoms with Gasteiger partial charge in [0.15, 0.2) is 0 Å². The van der Waals surface area contributed by atoms with Crippen LogP contribution in [0.2, 0.25) is 0 Å². The van der Waals surface area contributed by atoms with Crippen molar-refractivity contribution in [3.63, 3.8) is 0 Å². The standard InChI is InChI=1S/C10H12ClO/c1-2-9-4-3-5-10(8-9)12-7-6-11/h2-5,8H,6-7H2,1H3. The van der Waals surface area contributed by atoms with E-state index in [2.05, 4.69) is 0 Å². The molecule has 0 unspecified atom stereocenters. The Morgan fingerprint density at radius 3 is 3.00 bits per heavy atom. The van der Waals surface area contributed by atoms with Crippen molar-refractivity contribution in [2.45, 2.75) is 6.92 Å². The molecule has 0 bridgehead atoms. The lowest BCUT2D eigenvalue weighted by molar-refractivity contribution is 0.342. The number of alkyl halides is 1. The van der Waals surface area contributed by atoms with Gasteiger partial charge in [-0.15, -0.1) is 11.6 Å². The number of benzene rings is 1. The molecule has 65 valence electrons. The summed E-state index contributed by atoms with van der Waals surface area (Å²) in [5, 5.41) is 0. The Balaban J connectivity index is 2.60. The van der Waals surface area contributed by atoms with Gasteiger partial charge in [-0.1, -0.05) is 19.1 Å². The van der Waals surface area contributed by atoms with Gasteiger partial charge < -0.3 is 4.74 Å². The molecule has 1 aromatic carbocycles. The Bertz CT molecular complexity index is 235. The third kappa shape index (κ3) is 2.74. The molecule has 0 aliphatic heterocycles. The molecule has 0 heterocycles. The summed E-state index contributed by atoms with van der Waals surface area (Å²) in [5.74, 6) is 1.41. The summed E-state index contributed by atoms with van der Waals surface area (Å²) < 4.78 is 5.35. The molecule has 0 aliphatic carbocycles. The second kappa shape index (κ2) is 5.04. The number of ether oxygens (including phenoxy) is 1. The smallest absolute Gasteiger partial charge is 0.119 e. The van der Waals surface area contributed by atoms with Gasteiger partial charge in [0.1, 0.15) is 12.4 Å². The minimum absolute atomic E-state index is 0.528. The Hall–Kier alpha value is -0.690. The second-order valence-electron chi connectivity index (χ2n) is 2.40. The fourth-order valence-corrected chi connectivity index (χ4v) is 1.02. The predicted molar refractivity (Wildman–Crippen MR) is 51.7 cm³/mol. The fraction of sp³-hybridized carbons (Fsp3) is 0.300. The molecule has 0 amide bonds. The van der Waals surface area contributed by atoms with Crippen LogP contribution >= 0.6 is 11.6 Å². The zero-order valence-electron chi connectivity index (χ0n) is 7.09. The molecule has 0 aromatic heterocycles. The Kier molecular flexibility index (Phi) is 3.95. The summed E-state index contributed by atoms with van der Waals surface area (Å²) >= 11 is 5.49. The average Bonchev–Trinajstić information content (AvgIpc) is 2.15. The van der Waals surface area contributed by atoms with E-state index in [0.717, 1.165) is 5.75 Å². The summed E-state index contributed by atoms with van der Waals surface area (Å²) in [6, 6.07) is 7.93. The highest BCUT2D eigenvalue weighted by molar-refractivity contribution is 6.17. The van der Waals surface area contributed by atoms with Crippen LogP contribution in [0.4, 0.5) is 0 Å². The van der Waals surface area contributed by atoms with E-state index in [1.165, 1.54) is 5.56 Å². The van der Waals surface area contributed by atoms with Gasteiger partial charge in [0, 0.05) is 0 Å². The van der Waals surface area contributed by atoms with Gasteiger partial charge in [-0.3, -0.25) is 0 Å². The molecule has 0 atom stereocenters. The van der Waals surface area contributed by atoms with Crippen LogP contribution in [-0.2, 0) is 0 Å². The van der Waals surface area contributed by atoms with Crippen LogP contribution in [0.25, 0.3) is 0 Å². The summed E-state index contributed by atoms with van der Waals surface area (Å²) in [6.45, 7) is 2.56. The van der Waals surface area contributed by atoms with E-state index in [0.29, 0.717) is 12.5 Å². The first-order valence-electron chi connectivity index (χ1n) is 3.95. The molecule has 2 heteroatoms. The van der Waals surface area contributed by atoms with Crippen molar-refractivity contribution in [1.82, 2.24) is 0 Å². The molecule has 1 nitrogen and oxygen atoms in total. The van der Waals surface area contributed by atoms with E-state index in [9.17, 15) is 0 Å². The maximum absolute atomic E-state index is 5.49. The molecule has 12 heavy (non-hydrogen) atoms. The SMILES string of the molecule is C[CH]c1cccc(OCCCl)c1. The molecule has 0 saturated carbocycles. The van der Waals surface area contributed by atoms with Crippen molar-refractivity contribution in [1.29, 1.82) is 0 Å². The maximum atomic E-state index is 5.49. The van der Waals surface area contributed by atoms with Crippen molar-refractivity contribution in [2.75, 3.05) is 12.5 Å². The van der Waals surface area contributed by atoms with Gasteiger partial charge in [-0.2, -0.15) is 0 Å². The zero-order valence-corrected chi connectivity index (χ0v) is 7.84. The molecular formula is C10H12ClO. The minimum atomic E-state index is 0.528. The van der Waals surface area contributed by atoms with Crippen molar-refractivity contribution >= 4 is 11.6 Å². The Morgan fingerprint density at radius 2 is 2.33 bits per heavy atom. The summed E-state index contributed by atoms with van der Waals surface area (Å²) in [4.78, 5) is 0. The van der Waals surface area contributed by atoms with Crippen LogP contribution in [-0.4, -0.2) is 12.5 Å². The van der Waals surface area contributed by atoms with E-state index >= 15 is 0 Å². The predicted octanol–water partition coefficient (Wildman–Crippen LogP) is 2.88. The quantitative estimate of drug-likeness (QED) is 0.653. The second-order valence-corrected chi connectivity index (χ2v) is 2.78. The van der Waals surface area contributed by atoms with Gasteiger partial charge in [0.05, 0.1) is 5.88 Å². The van der Waals surface area contributed by atoms with E-state index in [4.69, 9.17) is 16.3 Å². The van der Waals surface area contributed by atoms with Crippen LogP contribution in [0.1, 0.15) is 12.5 Å². The van der Waals surface area contributed by atoms with Gasteiger partial charge in [0.25, 0.3) is 0 Å². The number of hydrogen-bond acceptors (Lipinski definition) is 1. The molecule has 1 rings (SSSR count). The number of hydrogen-bond donors (Lipinski definition) is 0. The van der Waals surface area contributed by atoms with E-state index in [1.54, 1.807) is 0 Å². The topological polar surface area (TPSA) is 9.23 Å². The molecule has 0 spiro atoms. The van der Waals surface area contributed by atoms with Crippen LogP contribution < -0.4 is 4.74 Å². The van der Waals surface area contributed by atoms with Crippen molar-refractivity contribution in [2.24, 2.45) is 0 Å². The van der Waals surface area contributed by atoms with Crippen molar-refractivity contribution < 1.29 is 4.74 Å². The zero-order chi connectivity index (χ0) is 8.81. The van der Waals surface area contributed by atoms with Gasteiger partial charge in [0.2, 0.25) is 0 Å². The third-order valence-corrected chi connectivity index (χ3v) is 1.69. The molecule has 1 radical (unpaired) electrons. The van der Waals surface area contributed by atoms with Gasteiger partial charge >= 0.3 is 0 Å². The monoisotopic (exact) mass is 183 g/mol. The van der Waals surface area contributed by atoms with Crippen LogP contribution in [0, 0.1) is 6.42 Å². The van der Waals surface area contributed by atoms with E-state index in [1.807, 2.05) is 37.6 Å². The highest BCUT2D eigenvalue weighted by atomic mass is 35.5. The van der Waals surface area contributed by atoms with Crippen LogP contribution in [0.3, 0.4) is 0 Å². The van der Waals surface area contributed by atoms with Crippen LogP contribution in [0.15, 0.2) is 24.3 Å². The highest BCUT2D eigenvalue weighted by Gasteiger charge is 1.93. The number of rotatable bonds is 4.